The Morgan fingerprint density at radius 2 is 1.05 bits per heavy atom. The maximum atomic E-state index is 6.30. The van der Waals surface area contributed by atoms with Gasteiger partial charge in [0.1, 0.15) is 37.5 Å². The van der Waals surface area contributed by atoms with Gasteiger partial charge in [0.2, 0.25) is 0 Å². The van der Waals surface area contributed by atoms with Crippen molar-refractivity contribution in [2.45, 2.75) is 176 Å². The topological polar surface area (TPSA) is 199 Å². The Hall–Kier alpha value is -4.98. The zero-order valence-electron chi connectivity index (χ0n) is 48.3. The van der Waals surface area contributed by atoms with Gasteiger partial charge in [-0.15, -0.1) is 23.5 Å². The lowest BCUT2D eigenvalue weighted by Gasteiger charge is -2.33. The van der Waals surface area contributed by atoms with E-state index in [-0.39, 0.29) is 42.4 Å². The maximum Gasteiger partial charge on any atom is 0.496 e. The van der Waals surface area contributed by atoms with Gasteiger partial charge in [-0.05, 0) is 163 Å². The highest BCUT2D eigenvalue weighted by atomic mass is 79.9. The van der Waals surface area contributed by atoms with Crippen LogP contribution < -0.4 is 24.7 Å². The van der Waals surface area contributed by atoms with E-state index < -0.39 is 0 Å². The third-order valence-electron chi connectivity index (χ3n) is 15.8. The van der Waals surface area contributed by atoms with E-state index in [1.54, 1.807) is 0 Å². The normalized spacial score (nSPS) is 19.1. The summed E-state index contributed by atoms with van der Waals surface area (Å²) in [6.45, 7) is 24.4. The number of nitrogens with zero attached hydrogens (tertiary/aromatic N) is 12. The number of pyridine rings is 4. The van der Waals surface area contributed by atoms with Gasteiger partial charge in [0, 0.05) is 71.9 Å². The van der Waals surface area contributed by atoms with Crippen LogP contribution in [0.4, 0.5) is 12.0 Å². The molecular formula is C58H72BBrN12O6S4. The molecule has 2 atom stereocenters. The van der Waals surface area contributed by atoms with Crippen LogP contribution in [-0.4, -0.2) is 117 Å². The number of aromatic nitrogens is 10. The number of fused-ring (bicyclic) bond motifs is 2. The van der Waals surface area contributed by atoms with Crippen molar-refractivity contribution in [2.24, 2.45) is 11.8 Å². The van der Waals surface area contributed by atoms with Crippen molar-refractivity contribution in [3.8, 4) is 21.6 Å². The summed E-state index contributed by atoms with van der Waals surface area (Å²) >= 11 is 10.1. The zero-order valence-corrected chi connectivity index (χ0v) is 53.1. The highest BCUT2D eigenvalue weighted by molar-refractivity contribution is 9.10. The molecule has 8 aromatic rings. The smallest absolute Gasteiger partial charge is 0.467 e. The molecule has 18 nitrogen and oxygen atoms in total. The van der Waals surface area contributed by atoms with Crippen LogP contribution in [0.5, 0.6) is 10.4 Å². The summed E-state index contributed by atoms with van der Waals surface area (Å²) in [6, 6.07) is 17.5. The van der Waals surface area contributed by atoms with Crippen molar-refractivity contribution in [1.82, 2.24) is 50.2 Å². The number of rotatable bonds is 16. The number of hydrogen-bond acceptors (Lipinski definition) is 22. The van der Waals surface area contributed by atoms with E-state index >= 15 is 0 Å². The van der Waals surface area contributed by atoms with Crippen LogP contribution in [0.15, 0.2) is 84.6 Å². The highest BCUT2D eigenvalue weighted by Gasteiger charge is 2.52. The van der Waals surface area contributed by atoms with E-state index in [0.717, 1.165) is 126 Å². The van der Waals surface area contributed by atoms with Crippen LogP contribution >= 0.6 is 62.1 Å². The molecule has 5 fully saturated rings. The molecule has 3 aliphatic heterocycles. The fraction of sp³-hybridized carbons (Fsp3) is 0.552. The number of piperidine rings is 2. The quantitative estimate of drug-likeness (QED) is 0.0653. The number of ether oxygens (including phenoxy) is 2. The molecule has 0 aromatic carbocycles. The molecule has 5 aliphatic rings. The summed E-state index contributed by atoms with van der Waals surface area (Å²) in [6.07, 6.45) is 13.3. The summed E-state index contributed by atoms with van der Waals surface area (Å²) in [4.78, 5) is 42.8. The van der Waals surface area contributed by atoms with E-state index in [1.807, 2.05) is 60.2 Å². The minimum absolute atomic E-state index is 0.0711. The monoisotopic (exact) mass is 1250 g/mol. The lowest BCUT2D eigenvalue weighted by atomic mass is 9.80. The standard InChI is InChI=1S/C26H30N6O2S2.C18H22BrN5O2S.C14H20BNO2S/c1-15(2)23-30-25(34-31-23)32-12-10-17(11-13-32)16(3)33-26-29-21-8-7-20(28-24(21)36-26)18-4-9-22(27-14-18)35-19-5-6-19;1-10(2)15-22-17(26-23-15)24-8-6-12(7-9-24)11(3)25-18-20-13-4-5-14(19)21-16(13)27-18;1-13(2)14(3,4)18-15(17-13)10-5-8-12(16-9-10)19-11-6-7-11/h4,7-9,14-17,19H,5-6,10-13H2,1-3H3;4-5,10-12H,6-9H2,1-3H3;5,8-9,11H,6-7H2,1-4H3/t16-;11-;/m00./s1. The Bertz CT molecular complexity index is 3380. The SMILES string of the molecule is CC(C)c1noc(N2CCC([C@H](C)Oc3nc4ccc(-c5ccc(SC6CC6)nc5)nc4s3)CC2)n1.CC(C)c1noc(N2CCC([C@H](C)Oc3nc4ccc(Br)nc4s3)CC2)n1.CC1(C)OB(c2ccc(SC3CC3)nc2)OC1(C)C. The first kappa shape index (κ1) is 58.8. The first-order valence-corrected chi connectivity index (χ1v) is 32.9. The Morgan fingerprint density at radius 1 is 0.573 bits per heavy atom. The first-order chi connectivity index (χ1) is 39.4. The average molecular weight is 1250 g/mol. The molecule has 8 aromatic heterocycles. The minimum atomic E-state index is -0.308. The van der Waals surface area contributed by atoms with Crippen molar-refractivity contribution in [3.63, 3.8) is 0 Å². The second-order valence-corrected chi connectivity index (χ2v) is 28.8. The lowest BCUT2D eigenvalue weighted by Crippen LogP contribution is -2.41. The van der Waals surface area contributed by atoms with Gasteiger partial charge in [0.25, 0.3) is 10.4 Å². The van der Waals surface area contributed by atoms with Gasteiger partial charge in [-0.2, -0.15) is 9.97 Å². The Balaban J connectivity index is 0.000000136. The second-order valence-electron chi connectivity index (χ2n) is 23.5. The predicted octanol–water partition coefficient (Wildman–Crippen LogP) is 13.5. The summed E-state index contributed by atoms with van der Waals surface area (Å²) in [5.74, 6) is 2.98. The Kier molecular flexibility index (Phi) is 18.1. The van der Waals surface area contributed by atoms with Crippen molar-refractivity contribution < 1.29 is 27.8 Å². The first-order valence-electron chi connectivity index (χ1n) is 28.7. The van der Waals surface area contributed by atoms with E-state index in [0.29, 0.717) is 34.3 Å². The van der Waals surface area contributed by atoms with E-state index in [9.17, 15) is 0 Å². The molecule has 2 aliphatic carbocycles. The van der Waals surface area contributed by atoms with Crippen molar-refractivity contribution in [3.05, 3.63) is 77.2 Å². The van der Waals surface area contributed by atoms with Gasteiger partial charge < -0.3 is 37.6 Å². The van der Waals surface area contributed by atoms with E-state index in [4.69, 9.17) is 32.8 Å². The molecule has 82 heavy (non-hydrogen) atoms. The van der Waals surface area contributed by atoms with E-state index in [1.165, 1.54) is 48.4 Å². The fourth-order valence-electron chi connectivity index (χ4n) is 9.54. The number of thiazole rings is 2. The molecular weight excluding hydrogens is 1180 g/mol. The van der Waals surface area contributed by atoms with Crippen LogP contribution in [0.1, 0.15) is 144 Å². The van der Waals surface area contributed by atoms with Crippen LogP contribution in [0.25, 0.3) is 32.0 Å². The maximum absolute atomic E-state index is 6.30. The molecule has 434 valence electrons. The number of halogens is 1. The molecule has 2 saturated carbocycles. The summed E-state index contributed by atoms with van der Waals surface area (Å²) in [5, 5.41) is 13.2. The predicted molar refractivity (Wildman–Crippen MR) is 330 cm³/mol. The molecule has 11 heterocycles. The van der Waals surface area contributed by atoms with Crippen molar-refractivity contribution in [2.75, 3.05) is 36.0 Å². The number of hydrogen-bond donors (Lipinski definition) is 0. The minimum Gasteiger partial charge on any atom is -0.467 e. The summed E-state index contributed by atoms with van der Waals surface area (Å²) < 4.78 is 36.2. The second kappa shape index (κ2) is 25.3. The Labute approximate surface area is 505 Å². The molecule has 0 bridgehead atoms. The molecule has 0 radical (unpaired) electrons. The third-order valence-corrected chi connectivity index (χ3v) is 20.5. The highest BCUT2D eigenvalue weighted by Crippen LogP contribution is 2.41. The van der Waals surface area contributed by atoms with Crippen LogP contribution in [0.3, 0.4) is 0 Å². The molecule has 0 amide bonds. The van der Waals surface area contributed by atoms with Crippen molar-refractivity contribution in [1.29, 1.82) is 0 Å². The summed E-state index contributed by atoms with van der Waals surface area (Å²) in [5.41, 5.74) is 4.09. The number of thioether (sulfide) groups is 2. The van der Waals surface area contributed by atoms with Gasteiger partial charge in [-0.3, -0.25) is 4.98 Å². The van der Waals surface area contributed by atoms with Gasteiger partial charge in [0.15, 0.2) is 11.6 Å². The molecule has 24 heteroatoms. The van der Waals surface area contributed by atoms with Gasteiger partial charge in [-0.1, -0.05) is 66.7 Å². The van der Waals surface area contributed by atoms with E-state index in [2.05, 4.69) is 164 Å². The number of anilines is 2. The molecule has 3 saturated heterocycles. The molecule has 0 unspecified atom stereocenters. The van der Waals surface area contributed by atoms with Crippen LogP contribution in [0.2, 0.25) is 0 Å². The zero-order chi connectivity index (χ0) is 57.3. The fourth-order valence-corrected chi connectivity index (χ4v) is 13.7. The molecule has 0 spiro atoms. The van der Waals surface area contributed by atoms with Crippen LogP contribution in [0, 0.1) is 11.8 Å². The van der Waals surface area contributed by atoms with Gasteiger partial charge >= 0.3 is 19.1 Å². The van der Waals surface area contributed by atoms with Gasteiger partial charge in [0.05, 0.1) is 26.9 Å². The van der Waals surface area contributed by atoms with Crippen molar-refractivity contribution >= 4 is 107 Å². The lowest BCUT2D eigenvalue weighted by molar-refractivity contribution is 0.00578. The molecule has 13 rings (SSSR count). The molecule has 0 N–H and O–H groups in total. The average Bonchev–Trinajstić information content (AvgIpc) is 4.19. The van der Waals surface area contributed by atoms with Crippen LogP contribution in [-0.2, 0) is 9.31 Å². The third kappa shape index (κ3) is 14.6. The Morgan fingerprint density at radius 3 is 1.49 bits per heavy atom. The summed E-state index contributed by atoms with van der Waals surface area (Å²) in [7, 11) is -0.308. The van der Waals surface area contributed by atoms with Gasteiger partial charge in [-0.25, -0.2) is 24.9 Å². The largest absolute Gasteiger partial charge is 0.496 e.